The lowest BCUT2D eigenvalue weighted by molar-refractivity contribution is 0.0155. The van der Waals surface area contributed by atoms with Gasteiger partial charge in [0.1, 0.15) is 0 Å². The molecule has 1 N–H and O–H groups in total. The van der Waals surface area contributed by atoms with Crippen LogP contribution >= 0.6 is 0 Å². The zero-order valence-corrected chi connectivity index (χ0v) is 8.92. The van der Waals surface area contributed by atoms with Crippen LogP contribution in [0.5, 0.6) is 0 Å². The van der Waals surface area contributed by atoms with E-state index in [4.69, 9.17) is 5.26 Å². The molecule has 0 aromatic heterocycles. The van der Waals surface area contributed by atoms with E-state index in [1.54, 1.807) is 0 Å². The van der Waals surface area contributed by atoms with E-state index in [0.29, 0.717) is 12.8 Å². The fourth-order valence-corrected chi connectivity index (χ4v) is 4.96. The van der Waals surface area contributed by atoms with Crippen molar-refractivity contribution in [1.82, 2.24) is 0 Å². The van der Waals surface area contributed by atoms with Crippen LogP contribution in [0.3, 0.4) is 0 Å². The summed E-state index contributed by atoms with van der Waals surface area (Å²) in [5, 5.41) is 19.0. The van der Waals surface area contributed by atoms with Gasteiger partial charge in [-0.1, -0.05) is 6.42 Å². The topological polar surface area (TPSA) is 61.1 Å². The summed E-state index contributed by atoms with van der Waals surface area (Å²) in [6.45, 7) is 0. The first-order chi connectivity index (χ1) is 6.64. The zero-order chi connectivity index (χ0) is 10.2. The van der Waals surface area contributed by atoms with Gasteiger partial charge in [-0.05, 0) is 25.7 Å². The first kappa shape index (κ1) is 10.1. The summed E-state index contributed by atoms with van der Waals surface area (Å²) in [6, 6.07) is 2.03. The molecule has 2 rings (SSSR count). The van der Waals surface area contributed by atoms with Crippen molar-refractivity contribution in [3.8, 4) is 6.07 Å². The molecule has 2 unspecified atom stereocenters. The second-order valence-electron chi connectivity index (χ2n) is 4.47. The molecule has 0 aliphatic carbocycles. The maximum Gasteiger partial charge on any atom is 0.0800 e. The van der Waals surface area contributed by atoms with Crippen molar-refractivity contribution < 1.29 is 9.32 Å². The minimum atomic E-state index is -0.849. The molecule has 2 bridgehead atoms. The molecule has 0 radical (unpaired) electrons. The predicted molar refractivity (Wildman–Crippen MR) is 54.0 cm³/mol. The molecule has 2 heterocycles. The summed E-state index contributed by atoms with van der Waals surface area (Å²) in [6.07, 6.45) is 4.35. The molecule has 0 aromatic rings. The average molecular weight is 213 g/mol. The third kappa shape index (κ3) is 1.71. The third-order valence-electron chi connectivity index (χ3n) is 3.33. The molecule has 4 heteroatoms. The van der Waals surface area contributed by atoms with E-state index in [0.717, 1.165) is 19.3 Å². The van der Waals surface area contributed by atoms with Crippen LogP contribution in [0.25, 0.3) is 0 Å². The van der Waals surface area contributed by atoms with Gasteiger partial charge in [-0.15, -0.1) is 0 Å². The molecule has 78 valence electrons. The molecule has 14 heavy (non-hydrogen) atoms. The molecule has 2 fully saturated rings. The van der Waals surface area contributed by atoms with E-state index in [1.807, 2.05) is 6.07 Å². The highest BCUT2D eigenvalue weighted by Crippen LogP contribution is 2.40. The Bertz CT molecular complexity index is 281. The van der Waals surface area contributed by atoms with Gasteiger partial charge >= 0.3 is 0 Å². The quantitative estimate of drug-likeness (QED) is 0.709. The molecule has 3 nitrogen and oxygen atoms in total. The second-order valence-corrected chi connectivity index (χ2v) is 6.46. The minimum Gasteiger partial charge on any atom is -0.389 e. The Balaban J connectivity index is 2.15. The molecular weight excluding hydrogens is 198 g/mol. The molecule has 0 saturated carbocycles. The molecule has 2 aliphatic heterocycles. The summed E-state index contributed by atoms with van der Waals surface area (Å²) in [4.78, 5) is 0. The highest BCUT2D eigenvalue weighted by atomic mass is 32.2. The second kappa shape index (κ2) is 3.63. The largest absolute Gasteiger partial charge is 0.389 e. The summed E-state index contributed by atoms with van der Waals surface area (Å²) >= 11 is 0. The molecule has 0 spiro atoms. The maximum atomic E-state index is 11.8. The first-order valence-corrected chi connectivity index (χ1v) is 6.41. The fourth-order valence-electron chi connectivity index (χ4n) is 2.67. The van der Waals surface area contributed by atoms with Crippen LogP contribution in [0.2, 0.25) is 0 Å². The molecule has 0 aromatic carbocycles. The Morgan fingerprint density at radius 3 is 2.50 bits per heavy atom. The van der Waals surface area contributed by atoms with Gasteiger partial charge in [-0.2, -0.15) is 5.26 Å². The summed E-state index contributed by atoms with van der Waals surface area (Å²) < 4.78 is 11.8. The van der Waals surface area contributed by atoms with Crippen molar-refractivity contribution in [2.75, 3.05) is 0 Å². The van der Waals surface area contributed by atoms with Crippen molar-refractivity contribution in [3.63, 3.8) is 0 Å². The lowest BCUT2D eigenvalue weighted by Gasteiger charge is -2.42. The van der Waals surface area contributed by atoms with E-state index in [-0.39, 0.29) is 16.9 Å². The van der Waals surface area contributed by atoms with Crippen LogP contribution in [0.15, 0.2) is 0 Å². The van der Waals surface area contributed by atoms with Crippen molar-refractivity contribution in [2.24, 2.45) is 0 Å². The lowest BCUT2D eigenvalue weighted by atomic mass is 9.84. The Kier molecular flexibility index (Phi) is 2.63. The Labute approximate surface area is 86.6 Å². The van der Waals surface area contributed by atoms with Gasteiger partial charge in [0.15, 0.2) is 0 Å². The van der Waals surface area contributed by atoms with Crippen LogP contribution in [0, 0.1) is 11.3 Å². The molecule has 2 saturated heterocycles. The van der Waals surface area contributed by atoms with Crippen molar-refractivity contribution >= 4 is 10.8 Å². The van der Waals surface area contributed by atoms with Crippen LogP contribution < -0.4 is 0 Å². The first-order valence-electron chi connectivity index (χ1n) is 5.13. The zero-order valence-electron chi connectivity index (χ0n) is 8.11. The SMILES string of the molecule is N#CCC1(O)CC2CCCC(C1)S2=O. The van der Waals surface area contributed by atoms with Crippen molar-refractivity contribution in [2.45, 2.75) is 54.6 Å². The number of aliphatic hydroxyl groups is 1. The van der Waals surface area contributed by atoms with Crippen LogP contribution in [-0.2, 0) is 10.8 Å². The fraction of sp³-hybridized carbons (Fsp3) is 0.900. The molecule has 2 atom stereocenters. The Morgan fingerprint density at radius 1 is 1.43 bits per heavy atom. The van der Waals surface area contributed by atoms with Gasteiger partial charge in [0.2, 0.25) is 0 Å². The highest BCUT2D eigenvalue weighted by Gasteiger charge is 2.45. The van der Waals surface area contributed by atoms with Gasteiger partial charge < -0.3 is 5.11 Å². The smallest absolute Gasteiger partial charge is 0.0800 e. The normalized spacial score (nSPS) is 47.0. The Morgan fingerprint density at radius 2 is 2.00 bits per heavy atom. The van der Waals surface area contributed by atoms with Crippen molar-refractivity contribution in [1.29, 1.82) is 5.26 Å². The van der Waals surface area contributed by atoms with Gasteiger partial charge in [0.25, 0.3) is 0 Å². The number of nitrogens with zero attached hydrogens (tertiary/aromatic N) is 1. The number of rotatable bonds is 1. The van der Waals surface area contributed by atoms with E-state index in [2.05, 4.69) is 0 Å². The molecule has 0 amide bonds. The standard InChI is InChI=1S/C10H15NO2S/c11-5-4-10(12)6-8-2-1-3-9(7-10)14(8)13/h8-9,12H,1-4,6-7H2. The summed E-state index contributed by atoms with van der Waals surface area (Å²) in [5.74, 6) is 0. The number of nitriles is 1. The lowest BCUT2D eigenvalue weighted by Crippen LogP contribution is -2.48. The van der Waals surface area contributed by atoms with E-state index >= 15 is 0 Å². The van der Waals surface area contributed by atoms with Crippen molar-refractivity contribution in [3.05, 3.63) is 0 Å². The van der Waals surface area contributed by atoms with E-state index < -0.39 is 16.4 Å². The predicted octanol–water partition coefficient (Wildman–Crippen LogP) is 1.09. The summed E-state index contributed by atoms with van der Waals surface area (Å²) in [7, 11) is -0.756. The third-order valence-corrected chi connectivity index (χ3v) is 5.45. The average Bonchev–Trinajstić information content (AvgIpc) is 2.08. The summed E-state index contributed by atoms with van der Waals surface area (Å²) in [5.41, 5.74) is -0.849. The minimum absolute atomic E-state index is 0.140. The van der Waals surface area contributed by atoms with E-state index in [9.17, 15) is 9.32 Å². The number of fused-ring (bicyclic) bond motifs is 2. The maximum absolute atomic E-state index is 11.8. The molecule has 2 aliphatic rings. The van der Waals surface area contributed by atoms with Crippen LogP contribution in [0.1, 0.15) is 38.5 Å². The van der Waals surface area contributed by atoms with Crippen LogP contribution in [0.4, 0.5) is 0 Å². The van der Waals surface area contributed by atoms with Gasteiger partial charge in [-0.25, -0.2) is 0 Å². The monoisotopic (exact) mass is 213 g/mol. The van der Waals surface area contributed by atoms with Gasteiger partial charge in [0, 0.05) is 21.3 Å². The van der Waals surface area contributed by atoms with Gasteiger partial charge in [-0.3, -0.25) is 4.21 Å². The van der Waals surface area contributed by atoms with Gasteiger partial charge in [0.05, 0.1) is 18.1 Å². The number of hydrogen-bond acceptors (Lipinski definition) is 3. The number of hydrogen-bond donors (Lipinski definition) is 1. The molecular formula is C10H15NO2S. The van der Waals surface area contributed by atoms with Crippen LogP contribution in [-0.4, -0.2) is 25.4 Å². The Hall–Kier alpha value is -0.400. The van der Waals surface area contributed by atoms with E-state index in [1.165, 1.54) is 0 Å². The highest BCUT2D eigenvalue weighted by molar-refractivity contribution is 7.86.